The van der Waals surface area contributed by atoms with Crippen molar-refractivity contribution in [2.45, 2.75) is 0 Å². The van der Waals surface area contributed by atoms with Crippen LogP contribution >= 0.6 is 0 Å². The summed E-state index contributed by atoms with van der Waals surface area (Å²) in [5.41, 5.74) is 14.0. The zero-order chi connectivity index (χ0) is 41.0. The molecule has 0 saturated carbocycles. The Labute approximate surface area is 358 Å². The third kappa shape index (κ3) is 5.98. The van der Waals surface area contributed by atoms with Crippen LogP contribution in [0, 0.1) is 0 Å². The monoisotopic (exact) mass is 791 g/mol. The van der Waals surface area contributed by atoms with E-state index in [0.29, 0.717) is 17.5 Å². The van der Waals surface area contributed by atoms with Crippen molar-refractivity contribution in [3.05, 3.63) is 224 Å². The quantitative estimate of drug-likeness (QED) is 0.162. The highest BCUT2D eigenvalue weighted by Crippen LogP contribution is 2.40. The van der Waals surface area contributed by atoms with E-state index in [4.69, 9.17) is 15.0 Å². The molecule has 5 heteroatoms. The van der Waals surface area contributed by atoms with Crippen LogP contribution in [0.25, 0.3) is 111 Å². The van der Waals surface area contributed by atoms with Crippen LogP contribution in [0.5, 0.6) is 0 Å². The number of aromatic nitrogens is 5. The highest BCUT2D eigenvalue weighted by atomic mass is 15.1. The number of hydrogen-bond acceptors (Lipinski definition) is 3. The molecule has 290 valence electrons. The molecule has 9 aromatic carbocycles. The summed E-state index contributed by atoms with van der Waals surface area (Å²) in [5, 5.41) is 4.80. The molecule has 0 saturated heterocycles. The van der Waals surface area contributed by atoms with E-state index in [-0.39, 0.29) is 0 Å². The molecule has 0 aliphatic heterocycles. The number of rotatable bonds is 7. The summed E-state index contributed by atoms with van der Waals surface area (Å²) in [7, 11) is 0. The maximum atomic E-state index is 5.25. The summed E-state index contributed by atoms with van der Waals surface area (Å²) < 4.78 is 4.80. The van der Waals surface area contributed by atoms with Crippen molar-refractivity contribution in [2.24, 2.45) is 0 Å². The van der Waals surface area contributed by atoms with Gasteiger partial charge in [0.1, 0.15) is 0 Å². The fraction of sp³-hybridized carbons (Fsp3) is 0. The number of benzene rings is 9. The van der Waals surface area contributed by atoms with Crippen molar-refractivity contribution in [3.8, 4) is 67.8 Å². The van der Waals surface area contributed by atoms with E-state index in [1.54, 1.807) is 0 Å². The van der Waals surface area contributed by atoms with Crippen LogP contribution in [0.15, 0.2) is 224 Å². The Morgan fingerprint density at radius 3 is 1.34 bits per heavy atom. The van der Waals surface area contributed by atoms with Gasteiger partial charge in [0.2, 0.25) is 0 Å². The third-order valence-electron chi connectivity index (χ3n) is 12.0. The minimum atomic E-state index is 0.606. The summed E-state index contributed by atoms with van der Waals surface area (Å²) in [6, 6.07) is 79.3. The van der Waals surface area contributed by atoms with Crippen LogP contribution in [-0.2, 0) is 0 Å². The molecule has 0 aliphatic rings. The van der Waals surface area contributed by atoms with E-state index in [2.05, 4.69) is 209 Å². The van der Waals surface area contributed by atoms with Crippen molar-refractivity contribution < 1.29 is 0 Å². The minimum Gasteiger partial charge on any atom is -0.309 e. The number of nitrogens with zero attached hydrogens (tertiary/aromatic N) is 5. The SMILES string of the molecule is c1ccc(-c2ccc(-c3nc(-c4ccccc4)nc(-c4ccccc4-n4c5ccccc5c5ccc(-n6c7ccccc7c7ccc(-c8ccccc8)cc76)cc54)n3)cc2)cc1. The molecule has 12 aromatic rings. The molecule has 0 amide bonds. The molecule has 3 heterocycles. The molecule has 0 atom stereocenters. The van der Waals surface area contributed by atoms with Gasteiger partial charge in [-0.15, -0.1) is 0 Å². The van der Waals surface area contributed by atoms with Crippen molar-refractivity contribution in [2.75, 3.05) is 0 Å². The molecule has 0 unspecified atom stereocenters. The number of para-hydroxylation sites is 3. The van der Waals surface area contributed by atoms with Gasteiger partial charge in [-0.05, 0) is 64.7 Å². The molecular weight excluding hydrogens is 755 g/mol. The first kappa shape index (κ1) is 35.5. The highest BCUT2D eigenvalue weighted by molar-refractivity contribution is 6.12. The molecule has 5 nitrogen and oxygen atoms in total. The summed E-state index contributed by atoms with van der Waals surface area (Å²) in [6.45, 7) is 0. The van der Waals surface area contributed by atoms with E-state index >= 15 is 0 Å². The van der Waals surface area contributed by atoms with Crippen molar-refractivity contribution in [3.63, 3.8) is 0 Å². The van der Waals surface area contributed by atoms with Crippen LogP contribution in [-0.4, -0.2) is 24.1 Å². The molecule has 0 spiro atoms. The predicted molar refractivity (Wildman–Crippen MR) is 256 cm³/mol. The summed E-state index contributed by atoms with van der Waals surface area (Å²) in [4.78, 5) is 15.5. The number of fused-ring (bicyclic) bond motifs is 6. The van der Waals surface area contributed by atoms with Gasteiger partial charge in [0, 0.05) is 43.9 Å². The van der Waals surface area contributed by atoms with Gasteiger partial charge >= 0.3 is 0 Å². The van der Waals surface area contributed by atoms with Crippen LogP contribution in [0.3, 0.4) is 0 Å². The van der Waals surface area contributed by atoms with Crippen molar-refractivity contribution in [1.29, 1.82) is 0 Å². The van der Waals surface area contributed by atoms with Gasteiger partial charge < -0.3 is 9.13 Å². The van der Waals surface area contributed by atoms with Crippen molar-refractivity contribution in [1.82, 2.24) is 24.1 Å². The molecular formula is C57H37N5. The first-order valence-corrected chi connectivity index (χ1v) is 20.9. The lowest BCUT2D eigenvalue weighted by Gasteiger charge is -2.15. The van der Waals surface area contributed by atoms with Crippen LogP contribution in [0.2, 0.25) is 0 Å². The Balaban J connectivity index is 1.07. The first-order chi connectivity index (χ1) is 30.7. The molecule has 0 radical (unpaired) electrons. The van der Waals surface area contributed by atoms with Gasteiger partial charge in [-0.25, -0.2) is 15.0 Å². The van der Waals surface area contributed by atoms with Gasteiger partial charge in [0.15, 0.2) is 17.5 Å². The summed E-state index contributed by atoms with van der Waals surface area (Å²) >= 11 is 0. The van der Waals surface area contributed by atoms with E-state index in [1.165, 1.54) is 38.2 Å². The van der Waals surface area contributed by atoms with E-state index < -0.39 is 0 Å². The first-order valence-electron chi connectivity index (χ1n) is 20.9. The van der Waals surface area contributed by atoms with Gasteiger partial charge in [-0.1, -0.05) is 182 Å². The zero-order valence-electron chi connectivity index (χ0n) is 33.6. The molecule has 62 heavy (non-hydrogen) atoms. The minimum absolute atomic E-state index is 0.606. The molecule has 0 bridgehead atoms. The highest BCUT2D eigenvalue weighted by Gasteiger charge is 2.21. The summed E-state index contributed by atoms with van der Waals surface area (Å²) in [6.07, 6.45) is 0. The maximum Gasteiger partial charge on any atom is 0.166 e. The molecule has 0 fully saturated rings. The smallest absolute Gasteiger partial charge is 0.166 e. The Hall–Kier alpha value is -8.41. The second kappa shape index (κ2) is 14.7. The number of hydrogen-bond donors (Lipinski definition) is 0. The predicted octanol–water partition coefficient (Wildman–Crippen LogP) is 14.4. The summed E-state index contributed by atoms with van der Waals surface area (Å²) in [5.74, 6) is 1.85. The zero-order valence-corrected chi connectivity index (χ0v) is 33.6. The normalized spacial score (nSPS) is 11.5. The average molecular weight is 792 g/mol. The van der Waals surface area contributed by atoms with Crippen LogP contribution < -0.4 is 0 Å². The fourth-order valence-electron chi connectivity index (χ4n) is 9.06. The standard InChI is InChI=1S/C57H37N5/c1-4-16-38(17-5-1)40-28-30-42(31-29-40)56-58-55(41-20-8-3-9-21-41)59-57(60-56)49-24-12-15-27-52(49)62-51-26-14-11-23-46(51)48-35-33-44(37-54(48)62)61-50-25-13-10-22-45(50)47-34-32-43(36-53(47)61)39-18-6-2-7-19-39/h1-37H. The second-order valence-corrected chi connectivity index (χ2v) is 15.6. The van der Waals surface area contributed by atoms with Gasteiger partial charge in [-0.3, -0.25) is 0 Å². The van der Waals surface area contributed by atoms with Crippen molar-refractivity contribution >= 4 is 43.6 Å². The average Bonchev–Trinajstić information content (AvgIpc) is 3.86. The van der Waals surface area contributed by atoms with Crippen LogP contribution in [0.1, 0.15) is 0 Å². The van der Waals surface area contributed by atoms with Gasteiger partial charge in [0.05, 0.1) is 27.8 Å². The Kier molecular flexibility index (Phi) is 8.42. The Bertz CT molecular complexity index is 3610. The largest absolute Gasteiger partial charge is 0.309 e. The Morgan fingerprint density at radius 2 is 0.677 bits per heavy atom. The molecule has 0 aliphatic carbocycles. The topological polar surface area (TPSA) is 48.5 Å². The van der Waals surface area contributed by atoms with E-state index in [9.17, 15) is 0 Å². The molecule has 3 aromatic heterocycles. The van der Waals surface area contributed by atoms with Gasteiger partial charge in [0.25, 0.3) is 0 Å². The molecule has 12 rings (SSSR count). The lowest BCUT2D eigenvalue weighted by molar-refractivity contribution is 1.06. The lowest BCUT2D eigenvalue weighted by Crippen LogP contribution is -2.04. The maximum absolute atomic E-state index is 5.25. The van der Waals surface area contributed by atoms with E-state index in [1.807, 2.05) is 24.3 Å². The van der Waals surface area contributed by atoms with E-state index in [0.717, 1.165) is 55.7 Å². The fourth-order valence-corrected chi connectivity index (χ4v) is 9.06. The molecule has 0 N–H and O–H groups in total. The van der Waals surface area contributed by atoms with Gasteiger partial charge in [-0.2, -0.15) is 0 Å². The Morgan fingerprint density at radius 1 is 0.258 bits per heavy atom. The third-order valence-corrected chi connectivity index (χ3v) is 12.0. The lowest BCUT2D eigenvalue weighted by atomic mass is 10.0. The second-order valence-electron chi connectivity index (χ2n) is 15.6. The van der Waals surface area contributed by atoms with Crippen LogP contribution in [0.4, 0.5) is 0 Å².